The third-order valence-electron chi connectivity index (χ3n) is 4.98. The van der Waals surface area contributed by atoms with E-state index in [4.69, 9.17) is 0 Å². The van der Waals surface area contributed by atoms with E-state index in [-0.39, 0.29) is 34.2 Å². The van der Waals surface area contributed by atoms with Crippen molar-refractivity contribution in [2.24, 2.45) is 0 Å². The standard InChI is InChI=1S/C28H22O4/c1-17(29)21(18(2)30)13-15-27-23-9-5-7-11-25(23)28(26-12-8-6-10-24(26)27)16-14-22(19(3)31)20(4)32/h5-12,29,31H,1-4H3/b21-17+,22-19+. The molecule has 3 rings (SSSR count). The molecular formula is C28H22O4. The summed E-state index contributed by atoms with van der Waals surface area (Å²) in [5.74, 6) is 11.0. The van der Waals surface area contributed by atoms with Crippen LogP contribution in [0.3, 0.4) is 0 Å². The highest BCUT2D eigenvalue weighted by molar-refractivity contribution is 6.10. The van der Waals surface area contributed by atoms with Gasteiger partial charge in [-0.25, -0.2) is 0 Å². The van der Waals surface area contributed by atoms with Crippen molar-refractivity contribution in [3.05, 3.63) is 82.3 Å². The van der Waals surface area contributed by atoms with Gasteiger partial charge in [0.05, 0.1) is 0 Å². The summed E-state index contributed by atoms with van der Waals surface area (Å²) in [5, 5.41) is 23.0. The molecule has 0 saturated carbocycles. The number of carbonyl (C=O) groups excluding carboxylic acids is 2. The molecule has 3 aromatic rings. The average molecular weight is 422 g/mol. The van der Waals surface area contributed by atoms with Crippen LogP contribution in [0.2, 0.25) is 0 Å². The number of hydrogen-bond donors (Lipinski definition) is 2. The highest BCUT2D eigenvalue weighted by Crippen LogP contribution is 2.32. The molecule has 0 aromatic heterocycles. The first kappa shape index (κ1) is 22.4. The molecule has 0 spiro atoms. The summed E-state index contributed by atoms with van der Waals surface area (Å²) in [7, 11) is 0. The zero-order valence-corrected chi connectivity index (χ0v) is 18.3. The minimum absolute atomic E-state index is 0.0664. The number of fused-ring (bicyclic) bond motifs is 2. The number of allylic oxidation sites excluding steroid dienone is 4. The average Bonchev–Trinajstić information content (AvgIpc) is 2.73. The molecular weight excluding hydrogens is 400 g/mol. The van der Waals surface area contributed by atoms with Crippen LogP contribution in [0, 0.1) is 23.7 Å². The molecule has 4 nitrogen and oxygen atoms in total. The van der Waals surface area contributed by atoms with Gasteiger partial charge in [-0.2, -0.15) is 0 Å². The van der Waals surface area contributed by atoms with E-state index >= 15 is 0 Å². The van der Waals surface area contributed by atoms with Crippen LogP contribution in [0.5, 0.6) is 0 Å². The van der Waals surface area contributed by atoms with Gasteiger partial charge in [-0.3, -0.25) is 9.59 Å². The quantitative estimate of drug-likeness (QED) is 0.246. The maximum atomic E-state index is 11.9. The second-order valence-corrected chi connectivity index (χ2v) is 7.37. The first-order valence-electron chi connectivity index (χ1n) is 10.0. The van der Waals surface area contributed by atoms with Gasteiger partial charge in [0, 0.05) is 11.1 Å². The second-order valence-electron chi connectivity index (χ2n) is 7.37. The van der Waals surface area contributed by atoms with E-state index in [2.05, 4.69) is 23.7 Å². The molecule has 0 atom stereocenters. The summed E-state index contributed by atoms with van der Waals surface area (Å²) in [6.07, 6.45) is 0. The summed E-state index contributed by atoms with van der Waals surface area (Å²) < 4.78 is 0. The van der Waals surface area contributed by atoms with Gasteiger partial charge in [-0.05, 0) is 49.2 Å². The molecule has 0 saturated heterocycles. The molecule has 0 aliphatic carbocycles. The van der Waals surface area contributed by atoms with Crippen molar-refractivity contribution in [1.29, 1.82) is 0 Å². The molecule has 0 aliphatic rings. The van der Waals surface area contributed by atoms with E-state index in [9.17, 15) is 19.8 Å². The Balaban J connectivity index is 2.43. The number of aliphatic hydroxyl groups excluding tert-OH is 2. The van der Waals surface area contributed by atoms with Crippen LogP contribution in [-0.4, -0.2) is 21.8 Å². The molecule has 0 bridgehead atoms. The second kappa shape index (κ2) is 9.25. The van der Waals surface area contributed by atoms with Crippen molar-refractivity contribution < 1.29 is 19.8 Å². The van der Waals surface area contributed by atoms with Gasteiger partial charge in [-0.1, -0.05) is 72.2 Å². The molecule has 2 N–H and O–H groups in total. The van der Waals surface area contributed by atoms with Gasteiger partial charge < -0.3 is 10.2 Å². The zero-order valence-electron chi connectivity index (χ0n) is 18.3. The smallest absolute Gasteiger partial charge is 0.171 e. The molecule has 0 heterocycles. The molecule has 0 unspecified atom stereocenters. The van der Waals surface area contributed by atoms with Gasteiger partial charge in [0.2, 0.25) is 0 Å². The summed E-state index contributed by atoms with van der Waals surface area (Å²) >= 11 is 0. The number of aliphatic hydroxyl groups is 2. The normalized spacial score (nSPS) is 12.1. The van der Waals surface area contributed by atoms with Gasteiger partial charge in [0.15, 0.2) is 11.6 Å². The van der Waals surface area contributed by atoms with Crippen molar-refractivity contribution >= 4 is 33.1 Å². The van der Waals surface area contributed by atoms with Crippen molar-refractivity contribution in [1.82, 2.24) is 0 Å². The lowest BCUT2D eigenvalue weighted by atomic mass is 9.91. The van der Waals surface area contributed by atoms with Crippen LogP contribution >= 0.6 is 0 Å². The van der Waals surface area contributed by atoms with Crippen LogP contribution < -0.4 is 0 Å². The fourth-order valence-electron chi connectivity index (χ4n) is 3.51. The van der Waals surface area contributed by atoms with Crippen molar-refractivity contribution in [2.45, 2.75) is 27.7 Å². The molecule has 158 valence electrons. The van der Waals surface area contributed by atoms with Gasteiger partial charge in [0.25, 0.3) is 0 Å². The van der Waals surface area contributed by atoms with E-state index in [1.807, 2.05) is 48.5 Å². The SMILES string of the molecule is CC(=O)/C(C#Cc1c2ccccc2c(C#C/C(C(C)=O)=C(/C)O)c2ccccc12)=C(\C)O. The highest BCUT2D eigenvalue weighted by Gasteiger charge is 2.13. The number of Topliss-reactive ketones (excluding diaryl/α,β-unsaturated/α-hetero) is 2. The van der Waals surface area contributed by atoms with Crippen LogP contribution in [-0.2, 0) is 9.59 Å². The predicted molar refractivity (Wildman–Crippen MR) is 127 cm³/mol. The number of ketones is 2. The summed E-state index contributed by atoms with van der Waals surface area (Å²) in [4.78, 5) is 23.7. The first-order chi connectivity index (χ1) is 15.2. The molecule has 0 aliphatic heterocycles. The van der Waals surface area contributed by atoms with Crippen molar-refractivity contribution in [3.8, 4) is 23.7 Å². The summed E-state index contributed by atoms with van der Waals surface area (Å²) in [5.41, 5.74) is 1.55. The van der Waals surface area contributed by atoms with Crippen LogP contribution in [0.15, 0.2) is 71.2 Å². The molecule has 0 amide bonds. The van der Waals surface area contributed by atoms with Crippen LogP contribution in [0.4, 0.5) is 0 Å². The van der Waals surface area contributed by atoms with E-state index in [1.165, 1.54) is 27.7 Å². The number of carbonyl (C=O) groups is 2. The summed E-state index contributed by atoms with van der Waals surface area (Å²) in [6, 6.07) is 15.2. The Morgan fingerprint density at radius 3 is 1.09 bits per heavy atom. The maximum Gasteiger partial charge on any atom is 0.171 e. The zero-order chi connectivity index (χ0) is 23.4. The molecule has 0 radical (unpaired) electrons. The third kappa shape index (κ3) is 4.41. The van der Waals surface area contributed by atoms with E-state index in [0.29, 0.717) is 11.1 Å². The topological polar surface area (TPSA) is 74.6 Å². The monoisotopic (exact) mass is 422 g/mol. The minimum Gasteiger partial charge on any atom is -0.511 e. The Labute approximate surface area is 186 Å². The van der Waals surface area contributed by atoms with Gasteiger partial charge in [0.1, 0.15) is 22.7 Å². The third-order valence-corrected chi connectivity index (χ3v) is 4.98. The largest absolute Gasteiger partial charge is 0.511 e. The van der Waals surface area contributed by atoms with E-state index in [1.54, 1.807) is 0 Å². The first-order valence-corrected chi connectivity index (χ1v) is 10.0. The molecule has 32 heavy (non-hydrogen) atoms. The number of hydrogen-bond acceptors (Lipinski definition) is 4. The Bertz CT molecular complexity index is 1280. The lowest BCUT2D eigenvalue weighted by Gasteiger charge is -2.10. The molecule has 0 fully saturated rings. The lowest BCUT2D eigenvalue weighted by Crippen LogP contribution is -1.98. The Morgan fingerprint density at radius 2 is 0.875 bits per heavy atom. The van der Waals surface area contributed by atoms with Crippen molar-refractivity contribution in [3.63, 3.8) is 0 Å². The van der Waals surface area contributed by atoms with Gasteiger partial charge in [-0.15, -0.1) is 0 Å². The number of rotatable bonds is 2. The maximum absolute atomic E-state index is 11.9. The minimum atomic E-state index is -0.309. The van der Waals surface area contributed by atoms with Crippen molar-refractivity contribution in [2.75, 3.05) is 0 Å². The number of benzene rings is 3. The molecule has 4 heteroatoms. The van der Waals surface area contributed by atoms with Crippen LogP contribution in [0.25, 0.3) is 21.5 Å². The fourth-order valence-corrected chi connectivity index (χ4v) is 3.51. The Hall–Kier alpha value is -4.28. The highest BCUT2D eigenvalue weighted by atomic mass is 16.3. The Kier molecular flexibility index (Phi) is 6.47. The molecule has 3 aromatic carbocycles. The van der Waals surface area contributed by atoms with Crippen LogP contribution in [0.1, 0.15) is 38.8 Å². The van der Waals surface area contributed by atoms with E-state index < -0.39 is 0 Å². The lowest BCUT2D eigenvalue weighted by molar-refractivity contribution is -0.114. The fraction of sp³-hybridized carbons (Fsp3) is 0.143. The van der Waals surface area contributed by atoms with Gasteiger partial charge >= 0.3 is 0 Å². The Morgan fingerprint density at radius 1 is 0.594 bits per heavy atom. The van der Waals surface area contributed by atoms with E-state index in [0.717, 1.165) is 21.5 Å². The predicted octanol–water partition coefficient (Wildman–Crippen LogP) is 5.54. The summed E-state index contributed by atoms with van der Waals surface area (Å²) in [6.45, 7) is 5.59.